The van der Waals surface area contributed by atoms with Crippen molar-refractivity contribution in [3.8, 4) is 5.69 Å². The maximum Gasteiger partial charge on any atom is 0.340 e. The number of esters is 1. The lowest BCUT2D eigenvalue weighted by Gasteiger charge is -2.13. The summed E-state index contributed by atoms with van der Waals surface area (Å²) in [6, 6.07) is 10.00. The van der Waals surface area contributed by atoms with Crippen LogP contribution < -0.4 is 5.32 Å². The van der Waals surface area contributed by atoms with Gasteiger partial charge in [-0.3, -0.25) is 4.79 Å². The molecule has 0 aliphatic heterocycles. The van der Waals surface area contributed by atoms with Crippen LogP contribution in [0, 0.1) is 20.8 Å². The summed E-state index contributed by atoms with van der Waals surface area (Å²) in [7, 11) is 0. The second-order valence-electron chi connectivity index (χ2n) is 6.79. The van der Waals surface area contributed by atoms with E-state index in [9.17, 15) is 9.59 Å². The molecule has 1 aromatic heterocycles. The van der Waals surface area contributed by atoms with E-state index >= 15 is 0 Å². The minimum atomic E-state index is -0.477. The third-order valence-electron chi connectivity index (χ3n) is 4.41. The summed E-state index contributed by atoms with van der Waals surface area (Å²) in [6.07, 6.45) is 1.89. The summed E-state index contributed by atoms with van der Waals surface area (Å²) in [5, 5.41) is 2.83. The van der Waals surface area contributed by atoms with E-state index in [2.05, 4.69) is 12.2 Å². The number of hydrogen-bond donors (Lipinski definition) is 1. The van der Waals surface area contributed by atoms with Gasteiger partial charge in [-0.25, -0.2) is 4.79 Å². The van der Waals surface area contributed by atoms with Crippen LogP contribution in [0.25, 0.3) is 5.69 Å². The molecule has 1 heterocycles. The number of nitrogens with one attached hydrogen (secondary N) is 1. The SMILES string of the molecule is CCC[C@@H](C)NC(=O)COC(=O)c1cc(C)n(-c2ccc(C)cc2)c1C. The third-order valence-corrected chi connectivity index (χ3v) is 4.41. The Morgan fingerprint density at radius 3 is 2.42 bits per heavy atom. The molecule has 2 aromatic rings. The fourth-order valence-electron chi connectivity index (χ4n) is 3.09. The second-order valence-corrected chi connectivity index (χ2v) is 6.79. The lowest BCUT2D eigenvalue weighted by molar-refractivity contribution is -0.124. The van der Waals surface area contributed by atoms with Gasteiger partial charge in [-0.2, -0.15) is 0 Å². The standard InChI is InChI=1S/C21H28N2O3/c1-6-7-15(3)22-20(24)13-26-21(25)19-12-16(4)23(17(19)5)18-10-8-14(2)9-11-18/h8-12,15H,6-7,13H2,1-5H3,(H,22,24)/t15-/m1/s1. The van der Waals surface area contributed by atoms with Gasteiger partial charge in [-0.15, -0.1) is 0 Å². The number of ether oxygens (including phenoxy) is 1. The van der Waals surface area contributed by atoms with Crippen LogP contribution in [-0.2, 0) is 9.53 Å². The molecule has 1 aromatic carbocycles. The highest BCUT2D eigenvalue weighted by atomic mass is 16.5. The molecular formula is C21H28N2O3. The molecule has 1 N–H and O–H groups in total. The van der Waals surface area contributed by atoms with Crippen LogP contribution in [0.4, 0.5) is 0 Å². The Balaban J connectivity index is 2.07. The first-order chi connectivity index (χ1) is 12.3. The third kappa shape index (κ3) is 4.75. The zero-order chi connectivity index (χ0) is 19.3. The summed E-state index contributed by atoms with van der Waals surface area (Å²) >= 11 is 0. The Morgan fingerprint density at radius 1 is 1.15 bits per heavy atom. The molecule has 0 radical (unpaired) electrons. The molecule has 0 spiro atoms. The van der Waals surface area contributed by atoms with Crippen LogP contribution in [0.5, 0.6) is 0 Å². The van der Waals surface area contributed by atoms with Gasteiger partial charge in [0.2, 0.25) is 0 Å². The van der Waals surface area contributed by atoms with Crippen molar-refractivity contribution < 1.29 is 14.3 Å². The topological polar surface area (TPSA) is 60.3 Å². The smallest absolute Gasteiger partial charge is 0.340 e. The fourth-order valence-corrected chi connectivity index (χ4v) is 3.09. The Kier molecular flexibility index (Phi) is 6.61. The van der Waals surface area contributed by atoms with E-state index in [-0.39, 0.29) is 18.6 Å². The average Bonchev–Trinajstić information content (AvgIpc) is 2.88. The summed E-state index contributed by atoms with van der Waals surface area (Å²) < 4.78 is 7.22. The van der Waals surface area contributed by atoms with Gasteiger partial charge in [0.15, 0.2) is 6.61 Å². The van der Waals surface area contributed by atoms with E-state index in [0.717, 1.165) is 29.9 Å². The Bertz CT molecular complexity index is 775. The van der Waals surface area contributed by atoms with Crippen LogP contribution in [0.1, 0.15) is 54.0 Å². The van der Waals surface area contributed by atoms with Gasteiger partial charge < -0.3 is 14.6 Å². The van der Waals surface area contributed by atoms with Crippen LogP contribution >= 0.6 is 0 Å². The van der Waals surface area contributed by atoms with Gasteiger partial charge in [0.1, 0.15) is 0 Å². The number of aromatic nitrogens is 1. The van der Waals surface area contributed by atoms with Crippen LogP contribution in [0.3, 0.4) is 0 Å². The predicted octanol–water partition coefficient (Wildman–Crippen LogP) is 3.86. The maximum atomic E-state index is 12.4. The molecule has 1 atom stereocenters. The Morgan fingerprint density at radius 2 is 1.81 bits per heavy atom. The molecule has 0 aliphatic rings. The number of aryl methyl sites for hydroxylation is 2. The molecular weight excluding hydrogens is 328 g/mol. The highest BCUT2D eigenvalue weighted by Crippen LogP contribution is 2.21. The van der Waals surface area contributed by atoms with Crippen molar-refractivity contribution in [2.24, 2.45) is 0 Å². The second kappa shape index (κ2) is 8.70. The lowest BCUT2D eigenvalue weighted by atomic mass is 10.2. The van der Waals surface area contributed by atoms with Crippen molar-refractivity contribution in [1.29, 1.82) is 0 Å². The first-order valence-corrected chi connectivity index (χ1v) is 9.06. The monoisotopic (exact) mass is 356 g/mol. The first kappa shape index (κ1) is 19.8. The molecule has 5 nitrogen and oxygen atoms in total. The summed E-state index contributed by atoms with van der Waals surface area (Å²) in [5.74, 6) is -0.749. The van der Waals surface area contributed by atoms with E-state index in [0.29, 0.717) is 5.56 Å². The summed E-state index contributed by atoms with van der Waals surface area (Å²) in [6.45, 7) is 9.61. The molecule has 5 heteroatoms. The van der Waals surface area contributed by atoms with Gasteiger partial charge in [0.25, 0.3) is 5.91 Å². The minimum Gasteiger partial charge on any atom is -0.452 e. The molecule has 0 aliphatic carbocycles. The van der Waals surface area contributed by atoms with Crippen molar-refractivity contribution in [1.82, 2.24) is 9.88 Å². The quantitative estimate of drug-likeness (QED) is 0.766. The van der Waals surface area contributed by atoms with E-state index in [1.807, 2.05) is 56.5 Å². The number of nitrogens with zero attached hydrogens (tertiary/aromatic N) is 1. The van der Waals surface area contributed by atoms with Crippen molar-refractivity contribution in [3.63, 3.8) is 0 Å². The number of hydrogen-bond acceptors (Lipinski definition) is 3. The first-order valence-electron chi connectivity index (χ1n) is 9.06. The number of benzene rings is 1. The van der Waals surface area contributed by atoms with Crippen LogP contribution in [0.2, 0.25) is 0 Å². The highest BCUT2D eigenvalue weighted by molar-refractivity contribution is 5.93. The Hall–Kier alpha value is -2.56. The molecule has 0 unspecified atom stereocenters. The van der Waals surface area contributed by atoms with E-state index in [1.165, 1.54) is 5.56 Å². The molecule has 1 amide bonds. The minimum absolute atomic E-state index is 0.0813. The molecule has 0 fully saturated rings. The molecule has 140 valence electrons. The number of amides is 1. The van der Waals surface area contributed by atoms with E-state index in [1.54, 1.807) is 6.07 Å². The van der Waals surface area contributed by atoms with Crippen molar-refractivity contribution >= 4 is 11.9 Å². The molecule has 0 bridgehead atoms. The summed E-state index contributed by atoms with van der Waals surface area (Å²) in [5.41, 5.74) is 4.41. The highest BCUT2D eigenvalue weighted by Gasteiger charge is 2.19. The van der Waals surface area contributed by atoms with Gasteiger partial charge >= 0.3 is 5.97 Å². The zero-order valence-electron chi connectivity index (χ0n) is 16.3. The maximum absolute atomic E-state index is 12.4. The van der Waals surface area contributed by atoms with Crippen molar-refractivity contribution in [2.45, 2.75) is 53.5 Å². The van der Waals surface area contributed by atoms with E-state index < -0.39 is 5.97 Å². The molecule has 26 heavy (non-hydrogen) atoms. The number of carbonyl (C=O) groups excluding carboxylic acids is 2. The number of carbonyl (C=O) groups is 2. The van der Waals surface area contributed by atoms with Gasteiger partial charge in [0.05, 0.1) is 5.56 Å². The van der Waals surface area contributed by atoms with Crippen LogP contribution in [0.15, 0.2) is 30.3 Å². The van der Waals surface area contributed by atoms with Crippen molar-refractivity contribution in [3.05, 3.63) is 52.8 Å². The average molecular weight is 356 g/mol. The fraction of sp³-hybridized carbons (Fsp3) is 0.429. The van der Waals surface area contributed by atoms with Crippen LogP contribution in [-0.4, -0.2) is 29.1 Å². The Labute approximate surface area is 155 Å². The van der Waals surface area contributed by atoms with Gasteiger partial charge in [0, 0.05) is 23.1 Å². The molecule has 0 saturated heterocycles. The normalized spacial score (nSPS) is 11.9. The largest absolute Gasteiger partial charge is 0.452 e. The molecule has 2 rings (SSSR count). The predicted molar refractivity (Wildman–Crippen MR) is 103 cm³/mol. The lowest BCUT2D eigenvalue weighted by Crippen LogP contribution is -2.35. The zero-order valence-corrected chi connectivity index (χ0v) is 16.3. The van der Waals surface area contributed by atoms with Gasteiger partial charge in [-0.1, -0.05) is 31.0 Å². The summed E-state index contributed by atoms with van der Waals surface area (Å²) in [4.78, 5) is 24.3. The van der Waals surface area contributed by atoms with Crippen molar-refractivity contribution in [2.75, 3.05) is 6.61 Å². The van der Waals surface area contributed by atoms with E-state index in [4.69, 9.17) is 4.74 Å². The van der Waals surface area contributed by atoms with Gasteiger partial charge in [-0.05, 0) is 52.3 Å². The molecule has 0 saturated carbocycles. The number of rotatable bonds is 7.